The van der Waals surface area contributed by atoms with E-state index in [0.29, 0.717) is 17.1 Å². The fraction of sp³-hybridized carbons (Fsp3) is 0.250. The number of ether oxygens (including phenoxy) is 1. The maximum absolute atomic E-state index is 13.1. The molecule has 0 aliphatic heterocycles. The molecular weight excluding hydrogens is 287 g/mol. The topological polar surface area (TPSA) is 71.5 Å². The van der Waals surface area contributed by atoms with Crippen molar-refractivity contribution < 1.29 is 19.0 Å². The predicted molar refractivity (Wildman–Crippen MR) is 78.6 cm³/mol. The summed E-state index contributed by atoms with van der Waals surface area (Å²) in [6, 6.07) is 10.8. The molecule has 0 aliphatic rings. The normalized spacial score (nSPS) is 11.8. The molecule has 0 spiro atoms. The van der Waals surface area contributed by atoms with E-state index in [4.69, 9.17) is 4.74 Å². The lowest BCUT2D eigenvalue weighted by Gasteiger charge is -2.11. The Hall–Kier alpha value is -2.47. The first-order valence-electron chi connectivity index (χ1n) is 6.78. The highest BCUT2D eigenvalue weighted by Gasteiger charge is 2.13. The first-order chi connectivity index (χ1) is 10.6. The Labute approximate surface area is 127 Å². The number of nitrogens with one attached hydrogen (secondary N) is 1. The molecule has 0 saturated carbocycles. The summed E-state index contributed by atoms with van der Waals surface area (Å²) >= 11 is 0. The zero-order chi connectivity index (χ0) is 15.9. The van der Waals surface area contributed by atoms with E-state index >= 15 is 0 Å². The van der Waals surface area contributed by atoms with Crippen molar-refractivity contribution in [3.63, 3.8) is 0 Å². The first-order valence-corrected chi connectivity index (χ1v) is 6.78. The van der Waals surface area contributed by atoms with Gasteiger partial charge in [0.1, 0.15) is 5.82 Å². The van der Waals surface area contributed by atoms with Gasteiger partial charge in [-0.1, -0.05) is 18.2 Å². The van der Waals surface area contributed by atoms with E-state index in [0.717, 1.165) is 0 Å². The van der Waals surface area contributed by atoms with Crippen molar-refractivity contribution in [3.05, 3.63) is 59.5 Å². The van der Waals surface area contributed by atoms with Crippen molar-refractivity contribution in [1.82, 2.24) is 10.3 Å². The van der Waals surface area contributed by atoms with Crippen LogP contribution in [0.3, 0.4) is 0 Å². The molecule has 1 heterocycles. The lowest BCUT2D eigenvalue weighted by Crippen LogP contribution is -2.25. The van der Waals surface area contributed by atoms with Crippen molar-refractivity contribution in [1.29, 1.82) is 0 Å². The number of pyridine rings is 1. The van der Waals surface area contributed by atoms with E-state index in [1.807, 2.05) is 0 Å². The number of aliphatic hydroxyl groups excluding tert-OH is 1. The number of methoxy groups -OCH3 is 1. The molecule has 5 nitrogen and oxygen atoms in total. The summed E-state index contributed by atoms with van der Waals surface area (Å²) in [5, 5.41) is 12.6. The van der Waals surface area contributed by atoms with Crippen molar-refractivity contribution in [2.45, 2.75) is 19.1 Å². The molecule has 2 N–H and O–H groups in total. The number of rotatable bonds is 6. The number of halogens is 1. The van der Waals surface area contributed by atoms with Crippen LogP contribution in [0, 0.1) is 5.82 Å². The molecule has 116 valence electrons. The van der Waals surface area contributed by atoms with Crippen LogP contribution in [-0.4, -0.2) is 23.1 Å². The van der Waals surface area contributed by atoms with E-state index < -0.39 is 11.9 Å². The van der Waals surface area contributed by atoms with Crippen LogP contribution in [0.25, 0.3) is 0 Å². The average Bonchev–Trinajstić information content (AvgIpc) is 2.53. The van der Waals surface area contributed by atoms with Gasteiger partial charge in [0, 0.05) is 6.07 Å². The third-order valence-electron chi connectivity index (χ3n) is 3.07. The third-order valence-corrected chi connectivity index (χ3v) is 3.07. The molecule has 1 unspecified atom stereocenters. The summed E-state index contributed by atoms with van der Waals surface area (Å²) in [7, 11) is 1.51. The highest BCUT2D eigenvalue weighted by atomic mass is 19.1. The maximum Gasteiger partial charge on any atom is 0.223 e. The molecule has 2 rings (SSSR count). The van der Waals surface area contributed by atoms with Gasteiger partial charge in [0.25, 0.3) is 0 Å². The number of hydrogen-bond donors (Lipinski definition) is 2. The second kappa shape index (κ2) is 7.51. The van der Waals surface area contributed by atoms with E-state index in [9.17, 15) is 14.3 Å². The average molecular weight is 304 g/mol. The third kappa shape index (κ3) is 4.53. The summed E-state index contributed by atoms with van der Waals surface area (Å²) in [6.45, 7) is 0.228. The molecule has 0 aliphatic carbocycles. The van der Waals surface area contributed by atoms with Crippen molar-refractivity contribution in [3.8, 4) is 5.88 Å². The highest BCUT2D eigenvalue weighted by Crippen LogP contribution is 2.17. The molecule has 1 aromatic carbocycles. The summed E-state index contributed by atoms with van der Waals surface area (Å²) in [5.41, 5.74) is 1.02. The number of nitrogens with zero attached hydrogens (tertiary/aromatic N) is 1. The summed E-state index contributed by atoms with van der Waals surface area (Å²) in [6.07, 6.45) is -1.19. The number of carbonyl (C=O) groups is 1. The van der Waals surface area contributed by atoms with Crippen LogP contribution in [0.2, 0.25) is 0 Å². The lowest BCUT2D eigenvalue weighted by molar-refractivity contribution is -0.123. The fourth-order valence-corrected chi connectivity index (χ4v) is 1.94. The van der Waals surface area contributed by atoms with Crippen LogP contribution in [0.15, 0.2) is 42.5 Å². The Morgan fingerprint density at radius 1 is 1.36 bits per heavy atom. The number of carbonyl (C=O) groups excluding carboxylic acids is 1. The molecular formula is C16H17FN2O3. The van der Waals surface area contributed by atoms with E-state index in [1.165, 1.54) is 25.3 Å². The number of hydrogen-bond acceptors (Lipinski definition) is 4. The molecule has 1 aromatic heterocycles. The van der Waals surface area contributed by atoms with Crippen LogP contribution in [-0.2, 0) is 11.3 Å². The first kappa shape index (κ1) is 15.9. The van der Waals surface area contributed by atoms with Crippen LogP contribution in [0.5, 0.6) is 5.88 Å². The standard InChI is InChI=1S/C16H17FN2O3/c1-22-16-7-3-6-13(19-16)10-18-15(21)9-14(20)11-4-2-5-12(17)8-11/h2-8,14,20H,9-10H2,1H3,(H,18,21). The van der Waals surface area contributed by atoms with Crippen molar-refractivity contribution >= 4 is 5.91 Å². The maximum atomic E-state index is 13.1. The molecule has 2 aromatic rings. The smallest absolute Gasteiger partial charge is 0.223 e. The van der Waals surface area contributed by atoms with Crippen LogP contribution in [0.1, 0.15) is 23.8 Å². The van der Waals surface area contributed by atoms with Crippen LogP contribution < -0.4 is 10.1 Å². The Bertz CT molecular complexity index is 649. The van der Waals surface area contributed by atoms with E-state index in [1.54, 1.807) is 24.3 Å². The van der Waals surface area contributed by atoms with Crippen molar-refractivity contribution in [2.75, 3.05) is 7.11 Å². The Kier molecular flexibility index (Phi) is 5.43. The Morgan fingerprint density at radius 3 is 2.86 bits per heavy atom. The molecule has 1 amide bonds. The van der Waals surface area contributed by atoms with Crippen molar-refractivity contribution in [2.24, 2.45) is 0 Å². The fourth-order valence-electron chi connectivity index (χ4n) is 1.94. The lowest BCUT2D eigenvalue weighted by atomic mass is 10.1. The molecule has 6 heteroatoms. The van der Waals surface area contributed by atoms with Gasteiger partial charge in [0.2, 0.25) is 11.8 Å². The second-order valence-corrected chi connectivity index (χ2v) is 4.72. The van der Waals surface area contributed by atoms with Gasteiger partial charge in [0.15, 0.2) is 0 Å². The van der Waals surface area contributed by atoms with Gasteiger partial charge in [-0.3, -0.25) is 4.79 Å². The SMILES string of the molecule is COc1cccc(CNC(=O)CC(O)c2cccc(F)c2)n1. The minimum Gasteiger partial charge on any atom is -0.481 e. The Balaban J connectivity index is 1.87. The van der Waals surface area contributed by atoms with Crippen LogP contribution >= 0.6 is 0 Å². The van der Waals surface area contributed by atoms with Gasteiger partial charge >= 0.3 is 0 Å². The van der Waals surface area contributed by atoms with Gasteiger partial charge < -0.3 is 15.2 Å². The number of amides is 1. The van der Waals surface area contributed by atoms with Gasteiger partial charge in [0.05, 0.1) is 31.9 Å². The molecule has 0 radical (unpaired) electrons. The highest BCUT2D eigenvalue weighted by molar-refractivity contribution is 5.76. The molecule has 22 heavy (non-hydrogen) atoms. The van der Waals surface area contributed by atoms with Crippen LogP contribution in [0.4, 0.5) is 4.39 Å². The van der Waals surface area contributed by atoms with E-state index in [2.05, 4.69) is 10.3 Å². The van der Waals surface area contributed by atoms with Gasteiger partial charge in [-0.25, -0.2) is 9.37 Å². The Morgan fingerprint density at radius 2 is 2.14 bits per heavy atom. The zero-order valence-corrected chi connectivity index (χ0v) is 12.1. The monoisotopic (exact) mass is 304 g/mol. The zero-order valence-electron chi connectivity index (χ0n) is 12.1. The quantitative estimate of drug-likeness (QED) is 0.856. The van der Waals surface area contributed by atoms with Gasteiger partial charge in [-0.15, -0.1) is 0 Å². The predicted octanol–water partition coefficient (Wildman–Crippen LogP) is 1.97. The summed E-state index contributed by atoms with van der Waals surface area (Å²) < 4.78 is 18.1. The molecule has 0 bridgehead atoms. The minimum absolute atomic E-state index is 0.145. The van der Waals surface area contributed by atoms with E-state index in [-0.39, 0.29) is 18.9 Å². The molecule has 0 fully saturated rings. The second-order valence-electron chi connectivity index (χ2n) is 4.72. The minimum atomic E-state index is -1.05. The molecule has 0 saturated heterocycles. The van der Waals surface area contributed by atoms with Gasteiger partial charge in [-0.05, 0) is 23.8 Å². The summed E-state index contributed by atoms with van der Waals surface area (Å²) in [5.74, 6) is -0.328. The number of benzene rings is 1. The number of aromatic nitrogens is 1. The molecule has 1 atom stereocenters. The number of aliphatic hydroxyl groups is 1. The van der Waals surface area contributed by atoms with Gasteiger partial charge in [-0.2, -0.15) is 0 Å². The largest absolute Gasteiger partial charge is 0.481 e. The summed E-state index contributed by atoms with van der Waals surface area (Å²) in [4.78, 5) is 16.0.